The van der Waals surface area contributed by atoms with Crippen molar-refractivity contribution in [2.45, 2.75) is 6.42 Å². The number of hydrogen-bond acceptors (Lipinski definition) is 6. The van der Waals surface area contributed by atoms with Crippen LogP contribution in [-0.2, 0) is 9.53 Å². The van der Waals surface area contributed by atoms with Crippen molar-refractivity contribution in [3.05, 3.63) is 24.9 Å². The van der Waals surface area contributed by atoms with Crippen molar-refractivity contribution in [1.82, 2.24) is 14.9 Å². The number of hydrogen-bond donors (Lipinski definition) is 0. The summed E-state index contributed by atoms with van der Waals surface area (Å²) in [7, 11) is 0. The molecule has 0 bridgehead atoms. The average molecular weight is 317 g/mol. The van der Waals surface area contributed by atoms with Crippen LogP contribution in [-0.4, -0.2) is 73.3 Å². The Balaban J connectivity index is 1.69. The second kappa shape index (κ2) is 7.41. The van der Waals surface area contributed by atoms with E-state index in [0.29, 0.717) is 6.54 Å². The summed E-state index contributed by atoms with van der Waals surface area (Å²) in [6, 6.07) is 1.94. The van der Waals surface area contributed by atoms with Crippen LogP contribution in [0.3, 0.4) is 0 Å². The highest BCUT2D eigenvalue weighted by atomic mass is 16.5. The van der Waals surface area contributed by atoms with E-state index < -0.39 is 0 Å². The summed E-state index contributed by atoms with van der Waals surface area (Å²) >= 11 is 0. The molecule has 2 saturated heterocycles. The van der Waals surface area contributed by atoms with Gasteiger partial charge in [-0.25, -0.2) is 4.98 Å². The lowest BCUT2D eigenvalue weighted by Crippen LogP contribution is -2.37. The van der Waals surface area contributed by atoms with Crippen molar-refractivity contribution >= 4 is 17.7 Å². The minimum atomic E-state index is -0.00478. The Bertz CT molecular complexity index is 559. The van der Waals surface area contributed by atoms with Crippen LogP contribution in [0, 0.1) is 0 Å². The fraction of sp³-hybridized carbons (Fsp3) is 0.562. The van der Waals surface area contributed by atoms with Crippen LogP contribution in [0.25, 0.3) is 0 Å². The highest BCUT2D eigenvalue weighted by Gasteiger charge is 2.20. The lowest BCUT2D eigenvalue weighted by atomic mass is 10.3. The van der Waals surface area contributed by atoms with Gasteiger partial charge in [0.25, 0.3) is 0 Å². The molecule has 1 aromatic heterocycles. The van der Waals surface area contributed by atoms with Gasteiger partial charge in [0.15, 0.2) is 0 Å². The number of nitrogens with zero attached hydrogens (tertiary/aromatic N) is 5. The number of carbonyl (C=O) groups excluding carboxylic acids is 1. The minimum Gasteiger partial charge on any atom is -0.378 e. The number of anilines is 2. The molecule has 0 spiro atoms. The number of amides is 1. The van der Waals surface area contributed by atoms with E-state index in [2.05, 4.69) is 21.4 Å². The van der Waals surface area contributed by atoms with Crippen LogP contribution in [0.5, 0.6) is 0 Å². The summed E-state index contributed by atoms with van der Waals surface area (Å²) < 4.78 is 5.39. The highest BCUT2D eigenvalue weighted by Crippen LogP contribution is 2.17. The van der Waals surface area contributed by atoms with E-state index >= 15 is 0 Å². The summed E-state index contributed by atoms with van der Waals surface area (Å²) in [5.41, 5.74) is 0. The summed E-state index contributed by atoms with van der Waals surface area (Å²) in [6.07, 6.45) is 4.10. The van der Waals surface area contributed by atoms with Crippen molar-refractivity contribution in [2.24, 2.45) is 0 Å². The molecule has 2 fully saturated rings. The van der Waals surface area contributed by atoms with E-state index in [-0.39, 0.29) is 5.91 Å². The van der Waals surface area contributed by atoms with Crippen LogP contribution >= 0.6 is 0 Å². The zero-order valence-corrected chi connectivity index (χ0v) is 13.4. The Labute approximate surface area is 136 Å². The minimum absolute atomic E-state index is 0.00478. The molecule has 2 aliphatic heterocycles. The van der Waals surface area contributed by atoms with Gasteiger partial charge in [-0.3, -0.25) is 4.79 Å². The van der Waals surface area contributed by atoms with Crippen molar-refractivity contribution in [2.75, 3.05) is 62.3 Å². The van der Waals surface area contributed by atoms with Gasteiger partial charge in [0, 0.05) is 45.5 Å². The SMILES string of the molecule is C=CC(=O)N1CCCN(c2nccc(N3CCOCC3)n2)CC1. The van der Waals surface area contributed by atoms with Crippen LogP contribution < -0.4 is 9.80 Å². The maximum absolute atomic E-state index is 11.8. The molecular formula is C16H23N5O2. The summed E-state index contributed by atoms with van der Waals surface area (Å²) in [5, 5.41) is 0. The lowest BCUT2D eigenvalue weighted by Gasteiger charge is -2.29. The molecule has 124 valence electrons. The molecule has 7 nitrogen and oxygen atoms in total. The molecule has 0 aliphatic carbocycles. The first-order valence-electron chi connectivity index (χ1n) is 8.10. The smallest absolute Gasteiger partial charge is 0.246 e. The Hall–Kier alpha value is -2.15. The topological polar surface area (TPSA) is 61.8 Å². The molecule has 3 rings (SSSR count). The molecule has 0 aromatic carbocycles. The van der Waals surface area contributed by atoms with Gasteiger partial charge in [0.2, 0.25) is 11.9 Å². The summed E-state index contributed by atoms with van der Waals surface area (Å²) in [6.45, 7) is 9.78. The first-order valence-corrected chi connectivity index (χ1v) is 8.10. The quantitative estimate of drug-likeness (QED) is 0.758. The fourth-order valence-corrected chi connectivity index (χ4v) is 2.93. The van der Waals surface area contributed by atoms with Crippen LogP contribution in [0.2, 0.25) is 0 Å². The van der Waals surface area contributed by atoms with Crippen LogP contribution in [0.1, 0.15) is 6.42 Å². The third kappa shape index (κ3) is 3.79. The van der Waals surface area contributed by atoms with Gasteiger partial charge >= 0.3 is 0 Å². The first kappa shape index (κ1) is 15.7. The third-order valence-corrected chi connectivity index (χ3v) is 4.23. The molecule has 0 N–H and O–H groups in total. The van der Waals surface area contributed by atoms with Crippen molar-refractivity contribution < 1.29 is 9.53 Å². The standard InChI is InChI=1S/C16H23N5O2/c1-2-15(22)20-6-3-7-21(9-8-20)16-17-5-4-14(18-16)19-10-12-23-13-11-19/h2,4-5H,1,3,6-13H2. The molecular weight excluding hydrogens is 294 g/mol. The number of ether oxygens (including phenoxy) is 1. The predicted molar refractivity (Wildman–Crippen MR) is 88.7 cm³/mol. The Morgan fingerprint density at radius 2 is 1.96 bits per heavy atom. The molecule has 0 radical (unpaired) electrons. The Morgan fingerprint density at radius 3 is 2.74 bits per heavy atom. The number of morpholine rings is 1. The fourth-order valence-electron chi connectivity index (χ4n) is 2.93. The highest BCUT2D eigenvalue weighted by molar-refractivity contribution is 5.87. The first-order chi connectivity index (χ1) is 11.3. The van der Waals surface area contributed by atoms with E-state index in [1.54, 1.807) is 0 Å². The van der Waals surface area contributed by atoms with Gasteiger partial charge in [-0.2, -0.15) is 4.98 Å². The van der Waals surface area contributed by atoms with E-state index in [0.717, 1.165) is 64.1 Å². The zero-order chi connectivity index (χ0) is 16.1. The van der Waals surface area contributed by atoms with Crippen LogP contribution in [0.4, 0.5) is 11.8 Å². The van der Waals surface area contributed by atoms with Crippen molar-refractivity contribution in [3.8, 4) is 0 Å². The Morgan fingerprint density at radius 1 is 1.13 bits per heavy atom. The van der Waals surface area contributed by atoms with Gasteiger partial charge in [-0.05, 0) is 18.6 Å². The van der Waals surface area contributed by atoms with Crippen molar-refractivity contribution in [3.63, 3.8) is 0 Å². The normalized spacial score (nSPS) is 19.4. The second-order valence-electron chi connectivity index (χ2n) is 5.68. The molecule has 0 unspecified atom stereocenters. The monoisotopic (exact) mass is 317 g/mol. The summed E-state index contributed by atoms with van der Waals surface area (Å²) in [5.74, 6) is 1.68. The maximum atomic E-state index is 11.8. The molecule has 0 atom stereocenters. The Kier molecular flexibility index (Phi) is 5.07. The van der Waals surface area contributed by atoms with Gasteiger partial charge in [-0.1, -0.05) is 6.58 Å². The van der Waals surface area contributed by atoms with Gasteiger partial charge < -0.3 is 19.4 Å². The molecule has 1 amide bonds. The van der Waals surface area contributed by atoms with Gasteiger partial charge in [0.05, 0.1) is 13.2 Å². The number of aromatic nitrogens is 2. The lowest BCUT2D eigenvalue weighted by molar-refractivity contribution is -0.125. The van der Waals surface area contributed by atoms with E-state index in [9.17, 15) is 4.79 Å². The van der Waals surface area contributed by atoms with Crippen LogP contribution in [0.15, 0.2) is 24.9 Å². The van der Waals surface area contributed by atoms with E-state index in [4.69, 9.17) is 9.72 Å². The molecule has 7 heteroatoms. The average Bonchev–Trinajstić information content (AvgIpc) is 2.88. The molecule has 23 heavy (non-hydrogen) atoms. The number of carbonyl (C=O) groups is 1. The summed E-state index contributed by atoms with van der Waals surface area (Å²) in [4.78, 5) is 27.1. The molecule has 3 heterocycles. The maximum Gasteiger partial charge on any atom is 0.246 e. The largest absolute Gasteiger partial charge is 0.378 e. The zero-order valence-electron chi connectivity index (χ0n) is 13.4. The number of rotatable bonds is 3. The predicted octanol–water partition coefficient (Wildman–Crippen LogP) is 0.538. The van der Waals surface area contributed by atoms with Gasteiger partial charge in [0.1, 0.15) is 5.82 Å². The van der Waals surface area contributed by atoms with Gasteiger partial charge in [-0.15, -0.1) is 0 Å². The third-order valence-electron chi connectivity index (χ3n) is 4.23. The van der Waals surface area contributed by atoms with Crippen molar-refractivity contribution in [1.29, 1.82) is 0 Å². The second-order valence-corrected chi connectivity index (χ2v) is 5.68. The molecule has 1 aromatic rings. The molecule has 2 aliphatic rings. The molecule has 0 saturated carbocycles. The van der Waals surface area contributed by atoms with E-state index in [1.807, 2.05) is 17.2 Å². The van der Waals surface area contributed by atoms with E-state index in [1.165, 1.54) is 6.08 Å².